The van der Waals surface area contributed by atoms with Gasteiger partial charge in [-0.1, -0.05) is 24.3 Å². The number of aliphatic hydroxyl groups excluding tert-OH is 1. The van der Waals surface area contributed by atoms with Crippen LogP contribution in [0.25, 0.3) is 5.57 Å². The van der Waals surface area contributed by atoms with E-state index in [1.807, 2.05) is 6.92 Å². The first-order chi connectivity index (χ1) is 14.7. The van der Waals surface area contributed by atoms with E-state index in [1.54, 1.807) is 33.8 Å². The van der Waals surface area contributed by atoms with E-state index in [0.29, 0.717) is 23.3 Å². The second kappa shape index (κ2) is 7.90. The number of aryl methyl sites for hydroxylation is 1. The standard InChI is InChI=1S/C22H21F3N2O4S/c1-6-11-7-8-12(30-19-27-16(22(23,24)25)14(10-26)32-19)9-13(11)15-17(28)20(2,3)31-21(4,5)18(15)29/h7-9,28H,6H2,1-5H3. The number of ketones is 1. The summed E-state index contributed by atoms with van der Waals surface area (Å²) < 4.78 is 50.5. The van der Waals surface area contributed by atoms with Gasteiger partial charge in [0.25, 0.3) is 5.19 Å². The molecule has 1 N–H and O–H groups in total. The third-order valence-corrected chi connectivity index (χ3v) is 5.84. The molecule has 1 aliphatic heterocycles. The van der Waals surface area contributed by atoms with Gasteiger partial charge in [0.05, 0.1) is 5.57 Å². The SMILES string of the molecule is CCc1ccc(Oc2nc(C(F)(F)F)c(C#N)s2)cc1C1=C(O)C(C)(C)OC(C)(C)C1=O. The third kappa shape index (κ3) is 4.23. The van der Waals surface area contributed by atoms with Gasteiger partial charge < -0.3 is 14.6 Å². The minimum absolute atomic E-state index is 0.0707. The summed E-state index contributed by atoms with van der Waals surface area (Å²) in [6, 6.07) is 6.14. The zero-order valence-corrected chi connectivity index (χ0v) is 18.9. The molecule has 32 heavy (non-hydrogen) atoms. The number of benzene rings is 1. The summed E-state index contributed by atoms with van der Waals surface area (Å²) in [6.07, 6.45) is -4.27. The van der Waals surface area contributed by atoms with Crippen molar-refractivity contribution < 1.29 is 32.5 Å². The lowest BCUT2D eigenvalue weighted by Gasteiger charge is -2.40. The molecule has 0 atom stereocenters. The molecular formula is C22H21F3N2O4S. The fraction of sp³-hybridized carbons (Fsp3) is 0.409. The van der Waals surface area contributed by atoms with Crippen LogP contribution in [0.2, 0.25) is 0 Å². The molecule has 0 fully saturated rings. The summed E-state index contributed by atoms with van der Waals surface area (Å²) in [5.41, 5.74) is -2.45. The van der Waals surface area contributed by atoms with Crippen LogP contribution in [0.15, 0.2) is 24.0 Å². The van der Waals surface area contributed by atoms with Crippen LogP contribution in [0.5, 0.6) is 10.9 Å². The highest BCUT2D eigenvalue weighted by Gasteiger charge is 2.47. The number of nitrogens with zero attached hydrogens (tertiary/aromatic N) is 2. The molecular weight excluding hydrogens is 445 g/mol. The van der Waals surface area contributed by atoms with Crippen molar-refractivity contribution in [1.82, 2.24) is 4.98 Å². The van der Waals surface area contributed by atoms with Crippen molar-refractivity contribution in [1.29, 1.82) is 5.26 Å². The molecule has 2 heterocycles. The number of carbonyl (C=O) groups is 1. The van der Waals surface area contributed by atoms with E-state index in [4.69, 9.17) is 14.7 Å². The van der Waals surface area contributed by atoms with Crippen molar-refractivity contribution in [2.45, 2.75) is 58.4 Å². The zero-order chi connectivity index (χ0) is 24.1. The molecule has 6 nitrogen and oxygen atoms in total. The van der Waals surface area contributed by atoms with Crippen molar-refractivity contribution in [3.8, 4) is 17.0 Å². The first-order valence-corrected chi connectivity index (χ1v) is 10.5. The average molecular weight is 466 g/mol. The lowest BCUT2D eigenvalue weighted by molar-refractivity contribution is -0.158. The maximum absolute atomic E-state index is 13.1. The van der Waals surface area contributed by atoms with E-state index >= 15 is 0 Å². The van der Waals surface area contributed by atoms with Crippen LogP contribution in [0, 0.1) is 11.3 Å². The molecule has 170 valence electrons. The predicted molar refractivity (Wildman–Crippen MR) is 112 cm³/mol. The Morgan fingerprint density at radius 3 is 2.44 bits per heavy atom. The van der Waals surface area contributed by atoms with Crippen LogP contribution in [0.1, 0.15) is 56.3 Å². The maximum atomic E-state index is 13.1. The maximum Gasteiger partial charge on any atom is 0.435 e. The Balaban J connectivity index is 2.11. The highest BCUT2D eigenvalue weighted by molar-refractivity contribution is 7.14. The number of Topliss-reactive ketones (excluding diaryl/α,β-unsaturated/α-hetero) is 1. The largest absolute Gasteiger partial charge is 0.508 e. The fourth-order valence-electron chi connectivity index (χ4n) is 3.57. The lowest BCUT2D eigenvalue weighted by atomic mass is 9.81. The molecule has 1 aliphatic rings. The number of rotatable bonds is 4. The number of alkyl halides is 3. The molecule has 3 rings (SSSR count). The summed E-state index contributed by atoms with van der Waals surface area (Å²) in [5.74, 6) is -0.560. The first-order valence-electron chi connectivity index (χ1n) is 9.69. The minimum Gasteiger partial charge on any atom is -0.508 e. The van der Waals surface area contributed by atoms with Gasteiger partial charge in [-0.05, 0) is 57.4 Å². The minimum atomic E-state index is -4.79. The average Bonchev–Trinajstić information content (AvgIpc) is 3.10. The van der Waals surface area contributed by atoms with Crippen molar-refractivity contribution >= 4 is 22.7 Å². The summed E-state index contributed by atoms with van der Waals surface area (Å²) in [7, 11) is 0. The third-order valence-electron chi connectivity index (χ3n) is 5.01. The van der Waals surface area contributed by atoms with Crippen molar-refractivity contribution in [3.63, 3.8) is 0 Å². The van der Waals surface area contributed by atoms with E-state index in [0.717, 1.165) is 5.56 Å². The molecule has 1 aromatic heterocycles. The fourth-order valence-corrected chi connectivity index (χ4v) is 4.32. The van der Waals surface area contributed by atoms with Crippen LogP contribution in [-0.4, -0.2) is 27.1 Å². The Bertz CT molecular complexity index is 1160. The molecule has 1 aromatic carbocycles. The molecule has 0 spiro atoms. The quantitative estimate of drug-likeness (QED) is 0.611. The summed E-state index contributed by atoms with van der Waals surface area (Å²) in [4.78, 5) is 15.9. The van der Waals surface area contributed by atoms with Crippen LogP contribution in [-0.2, 0) is 22.1 Å². The van der Waals surface area contributed by atoms with Crippen LogP contribution < -0.4 is 4.74 Å². The van der Waals surface area contributed by atoms with Crippen LogP contribution >= 0.6 is 11.3 Å². The van der Waals surface area contributed by atoms with Crippen molar-refractivity contribution in [2.24, 2.45) is 0 Å². The number of hydrogen-bond acceptors (Lipinski definition) is 7. The van der Waals surface area contributed by atoms with E-state index in [1.165, 1.54) is 18.2 Å². The normalized spacial score (nSPS) is 17.9. The Hall–Kier alpha value is -2.90. The lowest BCUT2D eigenvalue weighted by Crippen LogP contribution is -2.49. The number of ether oxygens (including phenoxy) is 2. The number of hydrogen-bond donors (Lipinski definition) is 1. The van der Waals surface area contributed by atoms with Gasteiger partial charge in [0.1, 0.15) is 33.7 Å². The number of aromatic nitrogens is 1. The monoisotopic (exact) mass is 466 g/mol. The molecule has 0 radical (unpaired) electrons. The highest BCUT2D eigenvalue weighted by Crippen LogP contribution is 2.43. The Labute approximate surface area is 186 Å². The van der Waals surface area contributed by atoms with Gasteiger partial charge in [-0.25, -0.2) is 0 Å². The van der Waals surface area contributed by atoms with Gasteiger partial charge in [-0.15, -0.1) is 0 Å². The molecule has 0 unspecified atom stereocenters. The van der Waals surface area contributed by atoms with Crippen LogP contribution in [0.3, 0.4) is 0 Å². The van der Waals surface area contributed by atoms with E-state index < -0.39 is 33.7 Å². The van der Waals surface area contributed by atoms with Gasteiger partial charge in [0.15, 0.2) is 11.5 Å². The molecule has 10 heteroatoms. The molecule has 0 saturated heterocycles. The van der Waals surface area contributed by atoms with Gasteiger partial charge >= 0.3 is 6.18 Å². The molecule has 2 aromatic rings. The van der Waals surface area contributed by atoms with Crippen molar-refractivity contribution in [3.05, 3.63) is 45.7 Å². The van der Waals surface area contributed by atoms with Gasteiger partial charge in [-0.3, -0.25) is 4.79 Å². The smallest absolute Gasteiger partial charge is 0.435 e. The second-order valence-electron chi connectivity index (χ2n) is 8.22. The van der Waals surface area contributed by atoms with Gasteiger partial charge in [0.2, 0.25) is 0 Å². The topological polar surface area (TPSA) is 92.4 Å². The van der Waals surface area contributed by atoms with E-state index in [2.05, 4.69) is 4.98 Å². The summed E-state index contributed by atoms with van der Waals surface area (Å²) >= 11 is 0.470. The Kier molecular flexibility index (Phi) is 5.87. The first kappa shape index (κ1) is 23.8. The summed E-state index contributed by atoms with van der Waals surface area (Å²) in [6.45, 7) is 8.35. The summed E-state index contributed by atoms with van der Waals surface area (Å²) in [5, 5.41) is 19.5. The van der Waals surface area contributed by atoms with Crippen LogP contribution in [0.4, 0.5) is 13.2 Å². The van der Waals surface area contributed by atoms with Crippen molar-refractivity contribution in [2.75, 3.05) is 0 Å². The molecule has 0 bridgehead atoms. The number of nitriles is 1. The Morgan fingerprint density at radius 1 is 1.25 bits per heavy atom. The Morgan fingerprint density at radius 2 is 1.91 bits per heavy atom. The van der Waals surface area contributed by atoms with E-state index in [9.17, 15) is 23.1 Å². The number of halogens is 3. The van der Waals surface area contributed by atoms with E-state index in [-0.39, 0.29) is 22.3 Å². The molecule has 0 amide bonds. The number of aliphatic hydroxyl groups is 1. The zero-order valence-electron chi connectivity index (χ0n) is 18.0. The van der Waals surface area contributed by atoms with Gasteiger partial charge in [0, 0.05) is 0 Å². The number of thiazole rings is 1. The predicted octanol–water partition coefficient (Wildman–Crippen LogP) is 5.81. The second-order valence-corrected chi connectivity index (χ2v) is 9.18. The highest BCUT2D eigenvalue weighted by atomic mass is 32.1. The number of carbonyl (C=O) groups excluding carboxylic acids is 1. The molecule has 0 aliphatic carbocycles. The molecule has 0 saturated carbocycles. The van der Waals surface area contributed by atoms with Gasteiger partial charge in [-0.2, -0.15) is 23.4 Å².